The summed E-state index contributed by atoms with van der Waals surface area (Å²) in [5.41, 5.74) is 16.8. The molecular formula is C72H103N19O30. The van der Waals surface area contributed by atoms with Gasteiger partial charge in [0.1, 0.15) is 96.1 Å². The fraction of sp³-hybridized carbons (Fsp3) is 0.542. The molecule has 15 amide bonds. The van der Waals surface area contributed by atoms with Crippen molar-refractivity contribution in [2.45, 2.75) is 207 Å². The summed E-state index contributed by atoms with van der Waals surface area (Å²) in [7, 11) is 0. The molecule has 0 radical (unpaired) electrons. The number of hydrogen-bond donors (Lipinski definition) is 27. The lowest BCUT2D eigenvalue weighted by molar-refractivity contribution is -0.146. The molecule has 2 aromatic carbocycles. The van der Waals surface area contributed by atoms with Crippen molar-refractivity contribution in [2.75, 3.05) is 39.5 Å². The van der Waals surface area contributed by atoms with E-state index in [0.29, 0.717) is 5.56 Å². The lowest BCUT2D eigenvalue weighted by Gasteiger charge is -2.31. The number of nitrogens with two attached hydrogens (primary N) is 3. The molecule has 0 saturated carbocycles. The van der Waals surface area contributed by atoms with Gasteiger partial charge in [0.15, 0.2) is 5.96 Å². The van der Waals surface area contributed by atoms with Crippen molar-refractivity contribution in [1.29, 1.82) is 5.41 Å². The third-order valence-corrected chi connectivity index (χ3v) is 18.8. The van der Waals surface area contributed by atoms with Crippen LogP contribution in [-0.4, -0.2) is 315 Å². The maximum atomic E-state index is 14.6. The number of carboxylic acids is 5. The van der Waals surface area contributed by atoms with Crippen molar-refractivity contribution in [3.63, 3.8) is 0 Å². The highest BCUT2D eigenvalue weighted by atomic mass is 16.4. The maximum absolute atomic E-state index is 14.6. The number of carboxylic acid groups (broad SMARTS) is 5. The number of amides is 15. The van der Waals surface area contributed by atoms with Crippen LogP contribution in [0.2, 0.25) is 0 Å². The maximum Gasteiger partial charge on any atom is 0.328 e. The minimum atomic E-state index is -2.31. The molecule has 0 aromatic heterocycles. The van der Waals surface area contributed by atoms with Crippen LogP contribution in [0.25, 0.3) is 0 Å². The monoisotopic (exact) mass is 1710 g/mol. The number of phenols is 2. The second-order valence-electron chi connectivity index (χ2n) is 28.2. The molecule has 0 unspecified atom stereocenters. The van der Waals surface area contributed by atoms with Crippen LogP contribution in [0.15, 0.2) is 48.5 Å². The van der Waals surface area contributed by atoms with Crippen molar-refractivity contribution < 1.29 is 147 Å². The Hall–Kier alpha value is -13.4. The van der Waals surface area contributed by atoms with E-state index in [1.165, 1.54) is 43.3 Å². The van der Waals surface area contributed by atoms with E-state index in [0.717, 1.165) is 28.9 Å². The number of guanidine groups is 1. The van der Waals surface area contributed by atoms with Crippen molar-refractivity contribution in [3.8, 4) is 11.5 Å². The number of benzene rings is 2. The van der Waals surface area contributed by atoms with Crippen LogP contribution in [-0.2, 0) is 109 Å². The van der Waals surface area contributed by atoms with Gasteiger partial charge in [-0.2, -0.15) is 0 Å². The summed E-state index contributed by atoms with van der Waals surface area (Å²) >= 11 is 0. The van der Waals surface area contributed by atoms with Gasteiger partial charge in [-0.1, -0.05) is 24.3 Å². The van der Waals surface area contributed by atoms with Gasteiger partial charge in [0.2, 0.25) is 88.6 Å². The number of carbonyl (C=O) groups excluding carboxylic acids is 15. The number of primary amides is 1. The normalized spacial score (nSPS) is 16.7. The summed E-state index contributed by atoms with van der Waals surface area (Å²) in [6, 6.07) is -16.4. The Labute approximate surface area is 688 Å². The third kappa shape index (κ3) is 33.5. The number of aliphatic hydroxyl groups excluding tert-OH is 3. The zero-order chi connectivity index (χ0) is 90.7. The van der Waals surface area contributed by atoms with E-state index in [1.807, 2.05) is 21.3 Å². The SMILES string of the molecule is C[C@H](NC(=O)[C@@H](N)CCC(N)=O)C(=O)N[C@@H](CC(=O)O)C(=O)N[C@@H](CCC(=O)O)C(=O)N[C@@H](CC(=O)O)C(=O)N[C@@H](CO)C(=O)N[C@@H](Cc1ccc(O)cc1)C(=O)N[C@@H](CCC(=O)O)C(=O)N[C@@H](CCCNC(=N)N)C(=O)N[C@@H](C)C(=O)N1CCC[C@H]1C(=O)N[C@@H](Cc1ccc(O)cc1)C(=O)N[C@@H](CO)C(=O)N1CCC[C@H]1C(=O)N[C@@H](CO)C(=O)O. The summed E-state index contributed by atoms with van der Waals surface area (Å²) in [6.07, 6.45) is -7.61. The predicted molar refractivity (Wildman–Crippen MR) is 410 cm³/mol. The fourth-order valence-corrected chi connectivity index (χ4v) is 12.3. The van der Waals surface area contributed by atoms with E-state index < -0.39 is 280 Å². The molecule has 666 valence electrons. The standard InChI is InChI=1S/C72H103N19O30/c1-33(78-58(107)39(73)17-20-52(74)97)57(106)83-45(28-55(102)103)64(113)82-42(19-22-54(100)101)61(110)85-46(29-56(104)105)65(114)87-47(30-92)66(115)84-43(26-35-9-13-37(95)14-10-35)62(111)81-41(18-21-53(98)99)60(109)80-40(6-3-23-77-72(75)76)59(108)79-34(2)69(118)90-24-4-7-50(90)67(116)86-44(27-36-11-15-38(96)16-12-36)63(112)88-48(31-93)70(119)91-25-5-8-51(91)68(117)89-49(32-94)71(120)121/h9-16,33-34,39-51,92-96H,3-8,17-32,73H2,1-2H3,(H2,74,97)(H,78,107)(H,79,108)(H,80,109)(H,81,111)(H,82,113)(H,83,106)(H,84,115)(H,85,110)(H,86,116)(H,87,114)(H,88,112)(H,89,117)(H,98,99)(H,100,101)(H,102,103)(H,104,105)(H,120,121)(H4,75,76,77)/t33-,34-,39-,40-,41-,42-,43-,44-,45-,46-,47-,48-,49-,50-,51-/m0/s1. The van der Waals surface area contributed by atoms with Crippen LogP contribution >= 0.6 is 0 Å². The number of nitrogens with one attached hydrogen (secondary N) is 14. The van der Waals surface area contributed by atoms with Crippen LogP contribution in [0, 0.1) is 5.41 Å². The molecule has 49 heteroatoms. The first-order valence-corrected chi connectivity index (χ1v) is 37.8. The molecule has 2 aromatic rings. The lowest BCUT2D eigenvalue weighted by atomic mass is 10.0. The first kappa shape index (κ1) is 99.9. The number of aliphatic hydroxyl groups is 3. The van der Waals surface area contributed by atoms with E-state index in [2.05, 4.69) is 47.9 Å². The fourth-order valence-electron chi connectivity index (χ4n) is 12.3. The molecular weight excluding hydrogens is 1610 g/mol. The summed E-state index contributed by atoms with van der Waals surface area (Å²) < 4.78 is 0. The van der Waals surface area contributed by atoms with Crippen molar-refractivity contribution >= 4 is 124 Å². The van der Waals surface area contributed by atoms with Crippen molar-refractivity contribution in [1.82, 2.24) is 78.9 Å². The largest absolute Gasteiger partial charge is 0.508 e. The van der Waals surface area contributed by atoms with Crippen LogP contribution < -0.4 is 86.3 Å². The first-order valence-electron chi connectivity index (χ1n) is 37.8. The van der Waals surface area contributed by atoms with Crippen LogP contribution in [0.1, 0.15) is 115 Å². The minimum Gasteiger partial charge on any atom is -0.508 e. The molecule has 30 N–H and O–H groups in total. The van der Waals surface area contributed by atoms with Gasteiger partial charge < -0.3 is 147 Å². The number of aromatic hydroxyl groups is 2. The van der Waals surface area contributed by atoms with Crippen LogP contribution in [0.5, 0.6) is 11.5 Å². The predicted octanol–water partition coefficient (Wildman–Crippen LogP) is -10.7. The average Bonchev–Trinajstić information content (AvgIpc) is 1.71. The quantitative estimate of drug-likeness (QED) is 0.0166. The Bertz CT molecular complexity index is 4100. The highest BCUT2D eigenvalue weighted by Crippen LogP contribution is 2.23. The Morgan fingerprint density at radius 2 is 0.760 bits per heavy atom. The zero-order valence-electron chi connectivity index (χ0n) is 65.6. The van der Waals surface area contributed by atoms with E-state index >= 15 is 0 Å². The summed E-state index contributed by atoms with van der Waals surface area (Å²) in [5.74, 6) is -26.9. The van der Waals surface area contributed by atoms with E-state index in [-0.39, 0.29) is 94.5 Å². The van der Waals surface area contributed by atoms with E-state index in [4.69, 9.17) is 22.6 Å². The Kier molecular flexibility index (Phi) is 40.5. The topological polar surface area (TPSA) is 808 Å². The molecule has 2 aliphatic heterocycles. The van der Waals surface area contributed by atoms with Gasteiger partial charge in [0, 0.05) is 51.7 Å². The second kappa shape index (κ2) is 49.1. The zero-order valence-corrected chi connectivity index (χ0v) is 65.6. The molecule has 0 bridgehead atoms. The third-order valence-electron chi connectivity index (χ3n) is 18.8. The molecule has 15 atom stereocenters. The molecule has 49 nitrogen and oxygen atoms in total. The molecule has 4 rings (SSSR count). The molecule has 2 fully saturated rings. The van der Waals surface area contributed by atoms with Gasteiger partial charge >= 0.3 is 29.8 Å². The summed E-state index contributed by atoms with van der Waals surface area (Å²) in [4.78, 5) is 268. The number of nitrogens with zero attached hydrogens (tertiary/aromatic N) is 2. The molecule has 0 aliphatic carbocycles. The Balaban J connectivity index is 1.59. The van der Waals surface area contributed by atoms with Crippen molar-refractivity contribution in [3.05, 3.63) is 59.7 Å². The number of aliphatic carboxylic acids is 5. The van der Waals surface area contributed by atoms with Gasteiger partial charge in [-0.05, 0) is 107 Å². The van der Waals surface area contributed by atoms with Gasteiger partial charge in [-0.15, -0.1) is 0 Å². The number of carbonyl (C=O) groups is 20. The molecule has 0 spiro atoms. The lowest BCUT2D eigenvalue weighted by Crippen LogP contribution is -2.61. The Morgan fingerprint density at radius 1 is 0.405 bits per heavy atom. The number of hydrogen-bond acceptors (Lipinski definition) is 27. The number of rotatable bonds is 51. The second-order valence-corrected chi connectivity index (χ2v) is 28.2. The van der Waals surface area contributed by atoms with Crippen LogP contribution in [0.4, 0.5) is 0 Å². The highest BCUT2D eigenvalue weighted by molar-refractivity contribution is 6.02. The smallest absolute Gasteiger partial charge is 0.328 e. The summed E-state index contributed by atoms with van der Waals surface area (Å²) in [5, 5.41) is 136. The van der Waals surface area contributed by atoms with Crippen LogP contribution in [0.3, 0.4) is 0 Å². The molecule has 121 heavy (non-hydrogen) atoms. The minimum absolute atomic E-state index is 0.0312. The molecule has 2 saturated heterocycles. The Morgan fingerprint density at radius 3 is 1.18 bits per heavy atom. The van der Waals surface area contributed by atoms with E-state index in [9.17, 15) is 147 Å². The van der Waals surface area contributed by atoms with Gasteiger partial charge in [0.25, 0.3) is 0 Å². The first-order chi connectivity index (χ1) is 57.0. The number of likely N-dealkylation sites (tertiary alicyclic amines) is 2. The van der Waals surface area contributed by atoms with E-state index in [1.54, 1.807) is 0 Å². The van der Waals surface area contributed by atoms with Gasteiger partial charge in [0.05, 0.1) is 38.7 Å². The average molecular weight is 1710 g/mol. The molecule has 2 heterocycles. The highest BCUT2D eigenvalue weighted by Gasteiger charge is 2.43. The van der Waals surface area contributed by atoms with Crippen molar-refractivity contribution in [2.24, 2.45) is 17.2 Å². The molecule has 2 aliphatic rings. The van der Waals surface area contributed by atoms with Gasteiger partial charge in [-0.25, -0.2) is 4.79 Å². The summed E-state index contributed by atoms with van der Waals surface area (Å²) in [6.45, 7) is -1.45. The van der Waals surface area contributed by atoms with Gasteiger partial charge in [-0.3, -0.25) is 96.5 Å². The number of phenolic OH excluding ortho intramolecular Hbond substituents is 2.